The van der Waals surface area contributed by atoms with E-state index in [0.717, 1.165) is 24.9 Å². The van der Waals surface area contributed by atoms with Gasteiger partial charge in [0.1, 0.15) is 0 Å². The van der Waals surface area contributed by atoms with Crippen LogP contribution >= 0.6 is 0 Å². The lowest BCUT2D eigenvalue weighted by molar-refractivity contribution is 0.427. The second kappa shape index (κ2) is 7.52. The van der Waals surface area contributed by atoms with Crippen LogP contribution in [0.25, 0.3) is 0 Å². The summed E-state index contributed by atoms with van der Waals surface area (Å²) in [4.78, 5) is 4.16. The van der Waals surface area contributed by atoms with Crippen LogP contribution in [0, 0.1) is 5.92 Å². The van der Waals surface area contributed by atoms with Gasteiger partial charge in [0.2, 0.25) is 0 Å². The third kappa shape index (κ3) is 4.41. The van der Waals surface area contributed by atoms with E-state index in [1.54, 1.807) is 0 Å². The molecule has 1 saturated carbocycles. The molecule has 1 N–H and O–H groups in total. The van der Waals surface area contributed by atoms with Crippen molar-refractivity contribution in [3.63, 3.8) is 0 Å². The summed E-state index contributed by atoms with van der Waals surface area (Å²) in [7, 11) is 0. The molecule has 1 fully saturated rings. The predicted molar refractivity (Wildman–Crippen MR) is 76.6 cm³/mol. The Bertz CT molecular complexity index is 323. The van der Waals surface area contributed by atoms with Gasteiger partial charge in [0.15, 0.2) is 0 Å². The van der Waals surface area contributed by atoms with E-state index in [9.17, 15) is 0 Å². The number of hydrogen-bond acceptors (Lipinski definition) is 2. The lowest BCUT2D eigenvalue weighted by atomic mass is 9.98. The SMILES string of the molecule is CCC1CCCC(NCCc2cccnc2)CC1. The van der Waals surface area contributed by atoms with Gasteiger partial charge in [0.05, 0.1) is 0 Å². The van der Waals surface area contributed by atoms with Gasteiger partial charge in [0.25, 0.3) is 0 Å². The van der Waals surface area contributed by atoms with E-state index in [4.69, 9.17) is 0 Å². The fraction of sp³-hybridized carbons (Fsp3) is 0.688. The first-order valence-corrected chi connectivity index (χ1v) is 7.50. The number of nitrogens with one attached hydrogen (secondary N) is 1. The number of aromatic nitrogens is 1. The fourth-order valence-corrected chi connectivity index (χ4v) is 2.96. The highest BCUT2D eigenvalue weighted by atomic mass is 14.9. The molecule has 1 heterocycles. The number of rotatable bonds is 5. The largest absolute Gasteiger partial charge is 0.314 e. The monoisotopic (exact) mass is 246 g/mol. The van der Waals surface area contributed by atoms with Crippen molar-refractivity contribution in [3.05, 3.63) is 30.1 Å². The Hall–Kier alpha value is -0.890. The molecule has 1 aromatic heterocycles. The highest BCUT2D eigenvalue weighted by Gasteiger charge is 2.16. The predicted octanol–water partition coefficient (Wildman–Crippen LogP) is 3.57. The number of hydrogen-bond donors (Lipinski definition) is 1. The molecule has 1 aliphatic rings. The zero-order chi connectivity index (χ0) is 12.6. The molecule has 100 valence electrons. The molecule has 0 spiro atoms. The number of nitrogens with zero attached hydrogens (tertiary/aromatic N) is 1. The maximum Gasteiger partial charge on any atom is 0.0300 e. The second-order valence-corrected chi connectivity index (χ2v) is 5.54. The number of pyridine rings is 1. The van der Waals surface area contributed by atoms with Gasteiger partial charge >= 0.3 is 0 Å². The summed E-state index contributed by atoms with van der Waals surface area (Å²) in [5, 5.41) is 3.73. The van der Waals surface area contributed by atoms with Gasteiger partial charge in [-0.2, -0.15) is 0 Å². The molecule has 1 aliphatic carbocycles. The Labute approximate surface area is 111 Å². The molecule has 1 aromatic rings. The van der Waals surface area contributed by atoms with Gasteiger partial charge in [0, 0.05) is 18.4 Å². The Balaban J connectivity index is 1.67. The quantitative estimate of drug-likeness (QED) is 0.803. The summed E-state index contributed by atoms with van der Waals surface area (Å²) in [6.45, 7) is 3.42. The molecule has 2 nitrogen and oxygen atoms in total. The third-order valence-electron chi connectivity index (χ3n) is 4.24. The van der Waals surface area contributed by atoms with Crippen molar-refractivity contribution < 1.29 is 0 Å². The zero-order valence-corrected chi connectivity index (χ0v) is 11.6. The molecule has 2 unspecified atom stereocenters. The fourth-order valence-electron chi connectivity index (χ4n) is 2.96. The topological polar surface area (TPSA) is 24.9 Å². The van der Waals surface area contributed by atoms with Crippen LogP contribution < -0.4 is 5.32 Å². The van der Waals surface area contributed by atoms with E-state index < -0.39 is 0 Å². The van der Waals surface area contributed by atoms with Crippen molar-refractivity contribution in [2.45, 2.75) is 57.9 Å². The summed E-state index contributed by atoms with van der Waals surface area (Å²) < 4.78 is 0. The van der Waals surface area contributed by atoms with Crippen molar-refractivity contribution in [2.75, 3.05) is 6.54 Å². The molecule has 2 rings (SSSR count). The molecule has 0 radical (unpaired) electrons. The lowest BCUT2D eigenvalue weighted by Crippen LogP contribution is -2.30. The standard InChI is InChI=1S/C16H26N2/c1-2-14-5-3-7-16(9-8-14)18-12-10-15-6-4-11-17-13-15/h4,6,11,13-14,16,18H,2-3,5,7-10,12H2,1H3. The average Bonchev–Trinajstić information content (AvgIpc) is 2.65. The average molecular weight is 246 g/mol. The summed E-state index contributed by atoms with van der Waals surface area (Å²) in [5.41, 5.74) is 1.34. The molecular formula is C16H26N2. The maximum absolute atomic E-state index is 4.16. The van der Waals surface area contributed by atoms with Crippen LogP contribution in [-0.4, -0.2) is 17.6 Å². The highest BCUT2D eigenvalue weighted by Crippen LogP contribution is 2.25. The molecule has 0 aliphatic heterocycles. The Morgan fingerprint density at radius 1 is 1.28 bits per heavy atom. The third-order valence-corrected chi connectivity index (χ3v) is 4.24. The minimum absolute atomic E-state index is 0.748. The Kier molecular flexibility index (Phi) is 5.66. The van der Waals surface area contributed by atoms with Crippen LogP contribution in [-0.2, 0) is 6.42 Å². The first-order chi connectivity index (χ1) is 8.88. The highest BCUT2D eigenvalue weighted by molar-refractivity contribution is 5.08. The first-order valence-electron chi connectivity index (χ1n) is 7.50. The summed E-state index contributed by atoms with van der Waals surface area (Å²) in [5.74, 6) is 0.982. The van der Waals surface area contributed by atoms with Crippen LogP contribution in [0.15, 0.2) is 24.5 Å². The summed E-state index contributed by atoms with van der Waals surface area (Å²) in [6, 6.07) is 4.93. The van der Waals surface area contributed by atoms with Gasteiger partial charge in [-0.15, -0.1) is 0 Å². The molecular weight excluding hydrogens is 220 g/mol. The molecule has 0 bridgehead atoms. The van der Waals surface area contributed by atoms with Crippen LogP contribution in [0.2, 0.25) is 0 Å². The van der Waals surface area contributed by atoms with Gasteiger partial charge in [-0.25, -0.2) is 0 Å². The van der Waals surface area contributed by atoms with Crippen molar-refractivity contribution in [3.8, 4) is 0 Å². The Morgan fingerprint density at radius 2 is 2.22 bits per heavy atom. The van der Waals surface area contributed by atoms with Crippen LogP contribution in [0.3, 0.4) is 0 Å². The molecule has 0 saturated heterocycles. The van der Waals surface area contributed by atoms with Crippen molar-refractivity contribution in [1.29, 1.82) is 0 Å². The van der Waals surface area contributed by atoms with Gasteiger partial charge < -0.3 is 5.32 Å². The van der Waals surface area contributed by atoms with Gasteiger partial charge in [-0.1, -0.05) is 32.3 Å². The second-order valence-electron chi connectivity index (χ2n) is 5.54. The van der Waals surface area contributed by atoms with E-state index in [0.29, 0.717) is 0 Å². The molecule has 2 atom stereocenters. The van der Waals surface area contributed by atoms with Gasteiger partial charge in [-0.05, 0) is 49.8 Å². The lowest BCUT2D eigenvalue weighted by Gasteiger charge is -2.16. The van der Waals surface area contributed by atoms with Crippen molar-refractivity contribution in [1.82, 2.24) is 10.3 Å². The van der Waals surface area contributed by atoms with Crippen LogP contribution in [0.5, 0.6) is 0 Å². The van der Waals surface area contributed by atoms with Crippen molar-refractivity contribution in [2.24, 2.45) is 5.92 Å². The zero-order valence-electron chi connectivity index (χ0n) is 11.6. The first kappa shape index (κ1) is 13.5. The molecule has 0 amide bonds. The summed E-state index contributed by atoms with van der Waals surface area (Å²) in [6.07, 6.45) is 13.3. The van der Waals surface area contributed by atoms with E-state index in [1.807, 2.05) is 18.5 Å². The van der Waals surface area contributed by atoms with Crippen LogP contribution in [0.1, 0.15) is 51.0 Å². The normalized spacial score (nSPS) is 24.7. The molecule has 0 aromatic carbocycles. The van der Waals surface area contributed by atoms with E-state index in [-0.39, 0.29) is 0 Å². The van der Waals surface area contributed by atoms with E-state index >= 15 is 0 Å². The molecule has 2 heteroatoms. The van der Waals surface area contributed by atoms with Crippen LogP contribution in [0.4, 0.5) is 0 Å². The minimum Gasteiger partial charge on any atom is -0.314 e. The molecule has 18 heavy (non-hydrogen) atoms. The smallest absolute Gasteiger partial charge is 0.0300 e. The maximum atomic E-state index is 4.16. The van der Waals surface area contributed by atoms with E-state index in [2.05, 4.69) is 23.3 Å². The minimum atomic E-state index is 0.748. The summed E-state index contributed by atoms with van der Waals surface area (Å²) >= 11 is 0. The Morgan fingerprint density at radius 3 is 3.00 bits per heavy atom. The van der Waals surface area contributed by atoms with Gasteiger partial charge in [-0.3, -0.25) is 4.98 Å². The van der Waals surface area contributed by atoms with Crippen molar-refractivity contribution >= 4 is 0 Å². The van der Waals surface area contributed by atoms with E-state index in [1.165, 1.54) is 44.1 Å².